The van der Waals surface area contributed by atoms with Crippen LogP contribution in [0.15, 0.2) is 42.5 Å². The molecule has 4 heteroatoms. The Kier molecular flexibility index (Phi) is 4.36. The molecule has 100 valence electrons. The molecule has 0 aliphatic heterocycles. The molecule has 0 aliphatic rings. The fraction of sp³-hybridized carbons (Fsp3) is 0.200. The van der Waals surface area contributed by atoms with Gasteiger partial charge in [0.25, 0.3) is 0 Å². The van der Waals surface area contributed by atoms with Crippen LogP contribution in [0.1, 0.15) is 11.1 Å². The summed E-state index contributed by atoms with van der Waals surface area (Å²) in [5.41, 5.74) is 1.65. The Labute approximate surface area is 111 Å². The van der Waals surface area contributed by atoms with E-state index in [1.165, 1.54) is 24.3 Å². The molecule has 0 aromatic heterocycles. The minimum atomic E-state index is -0.228. The molecule has 0 aliphatic carbocycles. The van der Waals surface area contributed by atoms with Gasteiger partial charge in [-0.05, 0) is 36.7 Å². The van der Waals surface area contributed by atoms with Crippen molar-refractivity contribution >= 4 is 0 Å². The van der Waals surface area contributed by atoms with Crippen molar-refractivity contribution in [3.05, 3.63) is 59.4 Å². The molecule has 0 saturated carbocycles. The van der Waals surface area contributed by atoms with Gasteiger partial charge in [0.2, 0.25) is 0 Å². The Hall–Kier alpha value is -2.07. The quantitative estimate of drug-likeness (QED) is 0.725. The number of phenolic OH excluding ortho intramolecular Hbond substituents is 2. The molecule has 0 radical (unpaired) electrons. The van der Waals surface area contributed by atoms with Gasteiger partial charge < -0.3 is 15.5 Å². The molecule has 2 aromatic carbocycles. The smallest absolute Gasteiger partial charge is 0.123 e. The van der Waals surface area contributed by atoms with Crippen molar-refractivity contribution in [3.8, 4) is 11.5 Å². The Morgan fingerprint density at radius 1 is 1.05 bits per heavy atom. The molecular weight excluding hydrogens is 245 g/mol. The van der Waals surface area contributed by atoms with E-state index >= 15 is 0 Å². The lowest BCUT2D eigenvalue weighted by Crippen LogP contribution is -2.16. The first-order chi connectivity index (χ1) is 9.15. The summed E-state index contributed by atoms with van der Waals surface area (Å²) >= 11 is 0. The van der Waals surface area contributed by atoms with E-state index in [1.54, 1.807) is 12.1 Å². The molecule has 3 nitrogen and oxygen atoms in total. The van der Waals surface area contributed by atoms with Gasteiger partial charge in [0.15, 0.2) is 0 Å². The van der Waals surface area contributed by atoms with Gasteiger partial charge in [-0.3, -0.25) is 0 Å². The number of nitrogens with one attached hydrogen (secondary N) is 1. The Balaban J connectivity index is 1.81. The van der Waals surface area contributed by atoms with E-state index < -0.39 is 0 Å². The second kappa shape index (κ2) is 6.20. The van der Waals surface area contributed by atoms with Crippen molar-refractivity contribution < 1.29 is 14.6 Å². The first-order valence-corrected chi connectivity index (χ1v) is 6.11. The standard InChI is InChI=1S/C15H16FNO2/c16-13-3-1-2-11(8-13)6-7-17-10-12-4-5-14(18)9-15(12)19/h1-5,8-9,17-19H,6-7,10H2. The summed E-state index contributed by atoms with van der Waals surface area (Å²) in [6.45, 7) is 1.19. The largest absolute Gasteiger partial charge is 0.508 e. The van der Waals surface area contributed by atoms with Gasteiger partial charge in [-0.1, -0.05) is 18.2 Å². The number of benzene rings is 2. The summed E-state index contributed by atoms with van der Waals surface area (Å²) in [5.74, 6) is -0.118. The molecular formula is C15H16FNO2. The third-order valence-corrected chi connectivity index (χ3v) is 2.86. The van der Waals surface area contributed by atoms with Crippen LogP contribution in [0.3, 0.4) is 0 Å². The lowest BCUT2D eigenvalue weighted by atomic mass is 10.1. The molecule has 0 atom stereocenters. The van der Waals surface area contributed by atoms with Crippen LogP contribution in [-0.2, 0) is 13.0 Å². The topological polar surface area (TPSA) is 52.5 Å². The van der Waals surface area contributed by atoms with Crippen molar-refractivity contribution in [1.29, 1.82) is 0 Å². The van der Waals surface area contributed by atoms with Crippen LogP contribution in [0.4, 0.5) is 4.39 Å². The zero-order chi connectivity index (χ0) is 13.7. The van der Waals surface area contributed by atoms with Crippen molar-refractivity contribution in [2.45, 2.75) is 13.0 Å². The minimum Gasteiger partial charge on any atom is -0.508 e. The van der Waals surface area contributed by atoms with Gasteiger partial charge in [-0.2, -0.15) is 0 Å². The predicted molar refractivity (Wildman–Crippen MR) is 71.6 cm³/mol. The highest BCUT2D eigenvalue weighted by Crippen LogP contribution is 2.22. The van der Waals surface area contributed by atoms with Crippen molar-refractivity contribution in [2.24, 2.45) is 0 Å². The van der Waals surface area contributed by atoms with Crippen LogP contribution in [0.2, 0.25) is 0 Å². The van der Waals surface area contributed by atoms with E-state index in [1.807, 2.05) is 6.07 Å². The second-order valence-electron chi connectivity index (χ2n) is 4.37. The first kappa shape index (κ1) is 13.4. The maximum absolute atomic E-state index is 13.0. The highest BCUT2D eigenvalue weighted by Gasteiger charge is 2.02. The van der Waals surface area contributed by atoms with Gasteiger partial charge in [-0.25, -0.2) is 4.39 Å². The highest BCUT2D eigenvalue weighted by molar-refractivity contribution is 5.38. The Morgan fingerprint density at radius 2 is 1.89 bits per heavy atom. The maximum Gasteiger partial charge on any atom is 0.123 e. The molecule has 0 spiro atoms. The molecule has 19 heavy (non-hydrogen) atoms. The number of halogens is 1. The average Bonchev–Trinajstić information content (AvgIpc) is 2.37. The van der Waals surface area contributed by atoms with E-state index in [9.17, 15) is 9.50 Å². The predicted octanol–water partition coefficient (Wildman–Crippen LogP) is 2.57. The number of rotatable bonds is 5. The maximum atomic E-state index is 13.0. The van der Waals surface area contributed by atoms with E-state index in [0.717, 1.165) is 17.5 Å². The first-order valence-electron chi connectivity index (χ1n) is 6.11. The summed E-state index contributed by atoms with van der Waals surface area (Å²) in [6, 6.07) is 11.0. The minimum absolute atomic E-state index is 0.0426. The SMILES string of the molecule is Oc1ccc(CNCCc2cccc(F)c2)c(O)c1. The van der Waals surface area contributed by atoms with Crippen LogP contribution in [-0.4, -0.2) is 16.8 Å². The molecule has 2 aromatic rings. The van der Waals surface area contributed by atoms with Crippen LogP contribution < -0.4 is 5.32 Å². The molecule has 0 fully saturated rings. The van der Waals surface area contributed by atoms with Gasteiger partial charge in [0.1, 0.15) is 17.3 Å². The summed E-state index contributed by atoms with van der Waals surface area (Å²) in [6.07, 6.45) is 0.719. The summed E-state index contributed by atoms with van der Waals surface area (Å²) < 4.78 is 13.0. The fourth-order valence-electron chi connectivity index (χ4n) is 1.85. The van der Waals surface area contributed by atoms with Crippen LogP contribution in [0.25, 0.3) is 0 Å². The monoisotopic (exact) mass is 261 g/mol. The van der Waals surface area contributed by atoms with Crippen LogP contribution in [0, 0.1) is 5.82 Å². The van der Waals surface area contributed by atoms with Gasteiger partial charge in [0.05, 0.1) is 0 Å². The Bertz CT molecular complexity index is 558. The third-order valence-electron chi connectivity index (χ3n) is 2.86. The fourth-order valence-corrected chi connectivity index (χ4v) is 1.85. The van der Waals surface area contributed by atoms with Crippen molar-refractivity contribution in [3.63, 3.8) is 0 Å². The molecule has 0 bridgehead atoms. The molecule has 3 N–H and O–H groups in total. The summed E-state index contributed by atoms with van der Waals surface area (Å²) in [5, 5.41) is 21.9. The van der Waals surface area contributed by atoms with Crippen molar-refractivity contribution in [1.82, 2.24) is 5.32 Å². The normalized spacial score (nSPS) is 10.6. The van der Waals surface area contributed by atoms with Crippen LogP contribution in [0.5, 0.6) is 11.5 Å². The Morgan fingerprint density at radius 3 is 2.63 bits per heavy atom. The molecule has 2 rings (SSSR count). The van der Waals surface area contributed by atoms with Crippen LogP contribution >= 0.6 is 0 Å². The number of hydrogen-bond acceptors (Lipinski definition) is 3. The third kappa shape index (κ3) is 3.96. The van der Waals surface area contributed by atoms with E-state index in [4.69, 9.17) is 5.11 Å². The molecule has 0 unspecified atom stereocenters. The zero-order valence-electron chi connectivity index (χ0n) is 10.4. The zero-order valence-corrected chi connectivity index (χ0v) is 10.4. The average molecular weight is 261 g/mol. The van der Waals surface area contributed by atoms with E-state index in [0.29, 0.717) is 13.1 Å². The number of hydrogen-bond donors (Lipinski definition) is 3. The van der Waals surface area contributed by atoms with E-state index in [-0.39, 0.29) is 17.3 Å². The van der Waals surface area contributed by atoms with Gasteiger partial charge >= 0.3 is 0 Å². The summed E-state index contributed by atoms with van der Waals surface area (Å²) in [4.78, 5) is 0. The number of phenols is 2. The highest BCUT2D eigenvalue weighted by atomic mass is 19.1. The lowest BCUT2D eigenvalue weighted by Gasteiger charge is -2.07. The van der Waals surface area contributed by atoms with Gasteiger partial charge in [-0.15, -0.1) is 0 Å². The van der Waals surface area contributed by atoms with E-state index in [2.05, 4.69) is 5.32 Å². The second-order valence-corrected chi connectivity index (χ2v) is 4.37. The molecule has 0 heterocycles. The molecule has 0 amide bonds. The summed E-state index contributed by atoms with van der Waals surface area (Å²) in [7, 11) is 0. The molecule has 0 saturated heterocycles. The van der Waals surface area contributed by atoms with Crippen molar-refractivity contribution in [2.75, 3.05) is 6.54 Å². The number of aromatic hydroxyl groups is 2. The van der Waals surface area contributed by atoms with Gasteiger partial charge in [0, 0.05) is 18.2 Å². The lowest BCUT2D eigenvalue weighted by molar-refractivity contribution is 0.444.